The van der Waals surface area contributed by atoms with Gasteiger partial charge < -0.3 is 9.47 Å². The van der Waals surface area contributed by atoms with Crippen LogP contribution >= 0.6 is 0 Å². The molecule has 2 saturated heterocycles. The second kappa shape index (κ2) is 11.5. The van der Waals surface area contributed by atoms with Crippen molar-refractivity contribution in [2.75, 3.05) is 13.1 Å². The van der Waals surface area contributed by atoms with Gasteiger partial charge in [-0.1, -0.05) is 26.7 Å². The van der Waals surface area contributed by atoms with E-state index in [1.54, 1.807) is 0 Å². The smallest absolute Gasteiger partial charge is 0.317 e. The molecule has 2 aliphatic rings. The number of carbonyl (C=O) groups is 2. The minimum atomic E-state index is -0.465. The third-order valence-electron chi connectivity index (χ3n) is 8.19. The van der Waals surface area contributed by atoms with Crippen molar-refractivity contribution in [1.82, 2.24) is 9.80 Å². The first-order chi connectivity index (χ1) is 16.0. The lowest BCUT2D eigenvalue weighted by Gasteiger charge is -2.55. The Labute approximate surface area is 215 Å². The molecule has 6 nitrogen and oxygen atoms in total. The standard InChI is InChI=1S/C29H54N2O4/c1-11-13-15-30-26(3,4)18-22(19-27(30,5)6)34-24(32)17-25(33)35-23-20-28(7,8)31(16-14-12-2)29(9,10)21-23/h22-23H,11-21H2,1-10H3. The van der Waals surface area contributed by atoms with Crippen LogP contribution in [0, 0.1) is 0 Å². The molecule has 0 aromatic carbocycles. The molecule has 204 valence electrons. The summed E-state index contributed by atoms with van der Waals surface area (Å²) in [6, 6.07) is 0. The molecule has 0 bridgehead atoms. The zero-order chi connectivity index (χ0) is 26.7. The summed E-state index contributed by atoms with van der Waals surface area (Å²) < 4.78 is 11.7. The first kappa shape index (κ1) is 30.1. The molecule has 0 atom stereocenters. The van der Waals surface area contributed by atoms with Crippen LogP contribution in [0.5, 0.6) is 0 Å². The summed E-state index contributed by atoms with van der Waals surface area (Å²) in [6.07, 6.45) is 7.08. The summed E-state index contributed by atoms with van der Waals surface area (Å²) >= 11 is 0. The summed E-state index contributed by atoms with van der Waals surface area (Å²) in [5, 5.41) is 0. The van der Waals surface area contributed by atoms with Gasteiger partial charge in [0.2, 0.25) is 0 Å². The Morgan fingerprint density at radius 3 is 1.17 bits per heavy atom. The maximum Gasteiger partial charge on any atom is 0.317 e. The van der Waals surface area contributed by atoms with Crippen molar-refractivity contribution >= 4 is 11.9 Å². The van der Waals surface area contributed by atoms with Crippen LogP contribution in [-0.2, 0) is 19.1 Å². The van der Waals surface area contributed by atoms with Gasteiger partial charge in [-0.15, -0.1) is 0 Å². The fourth-order valence-electron chi connectivity index (χ4n) is 7.04. The van der Waals surface area contributed by atoms with Crippen molar-refractivity contribution in [2.45, 2.75) is 161 Å². The number of nitrogens with zero attached hydrogens (tertiary/aromatic N) is 2. The number of ether oxygens (including phenoxy) is 2. The number of likely N-dealkylation sites (tertiary alicyclic amines) is 2. The van der Waals surface area contributed by atoms with Gasteiger partial charge in [-0.2, -0.15) is 0 Å². The summed E-state index contributed by atoms with van der Waals surface area (Å²) in [4.78, 5) is 30.5. The number of carbonyl (C=O) groups excluding carboxylic acids is 2. The molecule has 0 aromatic rings. The molecule has 2 fully saturated rings. The van der Waals surface area contributed by atoms with E-state index in [4.69, 9.17) is 9.47 Å². The summed E-state index contributed by atoms with van der Waals surface area (Å²) in [5.74, 6) is -0.931. The summed E-state index contributed by atoms with van der Waals surface area (Å²) in [7, 11) is 0. The van der Waals surface area contributed by atoms with Crippen LogP contribution in [0.1, 0.15) is 127 Å². The number of hydrogen-bond acceptors (Lipinski definition) is 6. The van der Waals surface area contributed by atoms with Gasteiger partial charge in [0.15, 0.2) is 0 Å². The molecular formula is C29H54N2O4. The van der Waals surface area contributed by atoms with Crippen LogP contribution in [0.25, 0.3) is 0 Å². The lowest BCUT2D eigenvalue weighted by Crippen LogP contribution is -2.62. The van der Waals surface area contributed by atoms with Gasteiger partial charge in [-0.05, 0) is 81.3 Å². The Morgan fingerprint density at radius 2 is 0.914 bits per heavy atom. The Bertz CT molecular complexity index is 632. The number of hydrogen-bond donors (Lipinski definition) is 0. The lowest BCUT2D eigenvalue weighted by atomic mass is 9.78. The van der Waals surface area contributed by atoms with E-state index in [1.165, 1.54) is 0 Å². The molecule has 0 saturated carbocycles. The monoisotopic (exact) mass is 494 g/mol. The Hall–Kier alpha value is -1.14. The number of esters is 2. The fourth-order valence-corrected chi connectivity index (χ4v) is 7.04. The molecule has 0 N–H and O–H groups in total. The first-order valence-electron chi connectivity index (χ1n) is 14.0. The molecule has 35 heavy (non-hydrogen) atoms. The van der Waals surface area contributed by atoms with E-state index < -0.39 is 11.9 Å². The molecule has 0 spiro atoms. The Kier molecular flexibility index (Phi) is 9.88. The minimum absolute atomic E-state index is 0.0642. The van der Waals surface area contributed by atoms with E-state index in [9.17, 15) is 9.59 Å². The molecule has 6 heteroatoms. The highest BCUT2D eigenvalue weighted by Crippen LogP contribution is 2.41. The van der Waals surface area contributed by atoms with E-state index in [0.29, 0.717) is 0 Å². The highest BCUT2D eigenvalue weighted by molar-refractivity contribution is 5.91. The molecule has 0 aromatic heterocycles. The zero-order valence-electron chi connectivity index (χ0n) is 24.5. The van der Waals surface area contributed by atoms with Crippen LogP contribution in [-0.4, -0.2) is 69.2 Å². The molecule has 0 aliphatic carbocycles. The summed E-state index contributed by atoms with van der Waals surface area (Å²) in [6.45, 7) is 24.4. The molecule has 2 heterocycles. The van der Waals surface area contributed by atoms with E-state index in [1.807, 2.05) is 0 Å². The summed E-state index contributed by atoms with van der Waals surface area (Å²) in [5.41, 5.74) is -0.257. The second-order valence-electron chi connectivity index (χ2n) is 13.5. The van der Waals surface area contributed by atoms with Crippen LogP contribution in [0.3, 0.4) is 0 Å². The van der Waals surface area contributed by atoms with Crippen LogP contribution in [0.4, 0.5) is 0 Å². The molecule has 0 radical (unpaired) electrons. The minimum Gasteiger partial charge on any atom is -0.462 e. The average molecular weight is 495 g/mol. The van der Waals surface area contributed by atoms with E-state index in [2.05, 4.69) is 79.0 Å². The van der Waals surface area contributed by atoms with Gasteiger partial charge in [0.25, 0.3) is 0 Å². The normalized spacial score (nSPS) is 24.7. The van der Waals surface area contributed by atoms with Crippen molar-refractivity contribution in [3.63, 3.8) is 0 Å². The van der Waals surface area contributed by atoms with Gasteiger partial charge in [0.1, 0.15) is 18.6 Å². The fraction of sp³-hybridized carbons (Fsp3) is 0.931. The topological polar surface area (TPSA) is 59.1 Å². The van der Waals surface area contributed by atoms with E-state index in [0.717, 1.165) is 64.5 Å². The second-order valence-corrected chi connectivity index (χ2v) is 13.5. The number of piperidine rings is 2. The highest BCUT2D eigenvalue weighted by Gasteiger charge is 2.47. The maximum absolute atomic E-state index is 12.7. The van der Waals surface area contributed by atoms with Gasteiger partial charge in [-0.3, -0.25) is 19.4 Å². The highest BCUT2D eigenvalue weighted by atomic mass is 16.6. The van der Waals surface area contributed by atoms with E-state index in [-0.39, 0.29) is 40.8 Å². The predicted octanol–water partition coefficient (Wildman–Crippen LogP) is 6.11. The first-order valence-corrected chi connectivity index (χ1v) is 14.0. The predicted molar refractivity (Wildman–Crippen MR) is 142 cm³/mol. The van der Waals surface area contributed by atoms with Crippen LogP contribution in [0.2, 0.25) is 0 Å². The molecule has 0 amide bonds. The Balaban J connectivity index is 1.92. The zero-order valence-corrected chi connectivity index (χ0v) is 24.5. The molecular weight excluding hydrogens is 440 g/mol. The van der Waals surface area contributed by atoms with Crippen LogP contribution in [0.15, 0.2) is 0 Å². The quantitative estimate of drug-likeness (QED) is 0.270. The van der Waals surface area contributed by atoms with Crippen molar-refractivity contribution in [1.29, 1.82) is 0 Å². The van der Waals surface area contributed by atoms with Crippen molar-refractivity contribution in [2.24, 2.45) is 0 Å². The van der Waals surface area contributed by atoms with Gasteiger partial charge in [0, 0.05) is 47.8 Å². The molecule has 2 aliphatic heterocycles. The van der Waals surface area contributed by atoms with Crippen molar-refractivity contribution in [3.05, 3.63) is 0 Å². The van der Waals surface area contributed by atoms with Crippen LogP contribution < -0.4 is 0 Å². The SMILES string of the molecule is CCCCN1C(C)(C)CC(OC(=O)CC(=O)OC2CC(C)(C)N(CCCC)C(C)(C)C2)CC1(C)C. The molecule has 2 rings (SSSR count). The molecule has 0 unspecified atom stereocenters. The lowest BCUT2D eigenvalue weighted by molar-refractivity contribution is -0.171. The van der Waals surface area contributed by atoms with Crippen molar-refractivity contribution in [3.8, 4) is 0 Å². The third-order valence-corrected chi connectivity index (χ3v) is 8.19. The Morgan fingerprint density at radius 1 is 0.629 bits per heavy atom. The number of rotatable bonds is 10. The number of unbranched alkanes of at least 4 members (excludes halogenated alkanes) is 2. The van der Waals surface area contributed by atoms with Gasteiger partial charge in [-0.25, -0.2) is 0 Å². The van der Waals surface area contributed by atoms with Crippen molar-refractivity contribution < 1.29 is 19.1 Å². The average Bonchev–Trinajstić information content (AvgIpc) is 2.64. The largest absolute Gasteiger partial charge is 0.462 e. The van der Waals surface area contributed by atoms with Gasteiger partial charge >= 0.3 is 11.9 Å². The van der Waals surface area contributed by atoms with E-state index >= 15 is 0 Å². The third kappa shape index (κ3) is 7.92. The van der Waals surface area contributed by atoms with Gasteiger partial charge in [0.05, 0.1) is 0 Å². The maximum atomic E-state index is 12.7.